The second kappa shape index (κ2) is 7.71. The molecule has 100 valence electrons. The normalized spacial score (nSPS) is 9.42. The third kappa shape index (κ3) is 6.07. The first-order valence-corrected chi connectivity index (χ1v) is 5.84. The Hall–Kier alpha value is -2.55. The Morgan fingerprint density at radius 2 is 1.95 bits per heavy atom. The van der Waals surface area contributed by atoms with Crippen molar-refractivity contribution < 1.29 is 14.7 Å². The maximum atomic E-state index is 11.4. The van der Waals surface area contributed by atoms with Gasteiger partial charge < -0.3 is 15.7 Å². The third-order valence-corrected chi connectivity index (χ3v) is 2.35. The molecule has 0 spiro atoms. The summed E-state index contributed by atoms with van der Waals surface area (Å²) in [5.41, 5.74) is 1.51. The van der Waals surface area contributed by atoms with E-state index in [9.17, 15) is 9.59 Å². The number of hydrogen-bond donors (Lipinski definition) is 3. The van der Waals surface area contributed by atoms with E-state index in [1.807, 2.05) is 6.07 Å². The van der Waals surface area contributed by atoms with E-state index in [0.29, 0.717) is 25.1 Å². The van der Waals surface area contributed by atoms with Gasteiger partial charge in [0.1, 0.15) is 0 Å². The molecule has 2 amide bonds. The van der Waals surface area contributed by atoms with Crippen LogP contribution >= 0.6 is 0 Å². The van der Waals surface area contributed by atoms with Crippen LogP contribution in [0.1, 0.15) is 18.4 Å². The van der Waals surface area contributed by atoms with Crippen LogP contribution in [0.25, 0.3) is 0 Å². The van der Waals surface area contributed by atoms with Gasteiger partial charge in [0.25, 0.3) is 0 Å². The molecule has 0 bridgehead atoms. The van der Waals surface area contributed by atoms with Gasteiger partial charge in [-0.3, -0.25) is 4.79 Å². The van der Waals surface area contributed by atoms with Crippen molar-refractivity contribution in [2.75, 3.05) is 11.9 Å². The van der Waals surface area contributed by atoms with Crippen molar-refractivity contribution in [2.45, 2.75) is 19.3 Å². The number of benzene rings is 1. The number of carboxylic acid groups (broad SMARTS) is 1. The highest BCUT2D eigenvalue weighted by Crippen LogP contribution is 2.09. The summed E-state index contributed by atoms with van der Waals surface area (Å²) in [7, 11) is 0. The smallest absolute Gasteiger partial charge is 0.319 e. The lowest BCUT2D eigenvalue weighted by atomic mass is 10.1. The fourth-order valence-corrected chi connectivity index (χ4v) is 1.41. The quantitative estimate of drug-likeness (QED) is 0.678. The molecule has 0 aliphatic heterocycles. The van der Waals surface area contributed by atoms with Crippen molar-refractivity contribution in [3.63, 3.8) is 0 Å². The number of hydrogen-bond acceptors (Lipinski definition) is 3. The van der Waals surface area contributed by atoms with E-state index < -0.39 is 5.97 Å². The number of carbonyl (C=O) groups is 2. The summed E-state index contributed by atoms with van der Waals surface area (Å²) < 4.78 is 0. The zero-order valence-electron chi connectivity index (χ0n) is 10.3. The monoisotopic (exact) mass is 261 g/mol. The summed E-state index contributed by atoms with van der Waals surface area (Å²) >= 11 is 0. The molecule has 0 aromatic heterocycles. The van der Waals surface area contributed by atoms with Gasteiger partial charge >= 0.3 is 12.0 Å². The van der Waals surface area contributed by atoms with Crippen LogP contribution in [0, 0.1) is 11.3 Å². The summed E-state index contributed by atoms with van der Waals surface area (Å²) in [5.74, 6) is -0.879. The van der Waals surface area contributed by atoms with Crippen LogP contribution in [0.2, 0.25) is 0 Å². The summed E-state index contributed by atoms with van der Waals surface area (Å²) in [4.78, 5) is 21.7. The Balaban J connectivity index is 2.32. The van der Waals surface area contributed by atoms with Crippen molar-refractivity contribution in [3.8, 4) is 6.07 Å². The molecule has 3 N–H and O–H groups in total. The standard InChI is InChI=1S/C13H15N3O3/c14-8-7-10-3-5-11(6-4-10)16-13(19)15-9-1-2-12(17)18/h3-6H,1-2,7,9H2,(H,17,18)(H2,15,16,19). The number of anilines is 1. The van der Waals surface area contributed by atoms with Crippen molar-refractivity contribution in [1.29, 1.82) is 5.26 Å². The molecule has 0 aliphatic carbocycles. The van der Waals surface area contributed by atoms with Gasteiger partial charge in [0.05, 0.1) is 12.5 Å². The van der Waals surface area contributed by atoms with E-state index >= 15 is 0 Å². The maximum absolute atomic E-state index is 11.4. The molecule has 0 unspecified atom stereocenters. The average Bonchev–Trinajstić information content (AvgIpc) is 2.37. The number of carbonyl (C=O) groups excluding carboxylic acids is 1. The molecule has 0 saturated carbocycles. The molecule has 0 atom stereocenters. The van der Waals surface area contributed by atoms with E-state index in [0.717, 1.165) is 5.56 Å². The molecular weight excluding hydrogens is 246 g/mol. The molecular formula is C13H15N3O3. The van der Waals surface area contributed by atoms with Crippen molar-refractivity contribution in [2.24, 2.45) is 0 Å². The number of aliphatic carboxylic acids is 1. The van der Waals surface area contributed by atoms with E-state index in [1.165, 1.54) is 0 Å². The highest BCUT2D eigenvalue weighted by molar-refractivity contribution is 5.89. The fraction of sp³-hybridized carbons (Fsp3) is 0.308. The van der Waals surface area contributed by atoms with Gasteiger partial charge in [0.15, 0.2) is 0 Å². The SMILES string of the molecule is N#CCc1ccc(NC(=O)NCCCC(=O)O)cc1. The lowest BCUT2D eigenvalue weighted by Crippen LogP contribution is -2.29. The van der Waals surface area contributed by atoms with Crippen LogP contribution < -0.4 is 10.6 Å². The Morgan fingerprint density at radius 1 is 1.26 bits per heavy atom. The van der Waals surface area contributed by atoms with Gasteiger partial charge in [0.2, 0.25) is 0 Å². The molecule has 1 aromatic carbocycles. The van der Waals surface area contributed by atoms with Gasteiger partial charge in [-0.2, -0.15) is 5.26 Å². The highest BCUT2D eigenvalue weighted by Gasteiger charge is 2.02. The summed E-state index contributed by atoms with van der Waals surface area (Å²) in [6.07, 6.45) is 0.759. The first-order valence-electron chi connectivity index (χ1n) is 5.84. The van der Waals surface area contributed by atoms with Crippen molar-refractivity contribution in [1.82, 2.24) is 5.32 Å². The van der Waals surface area contributed by atoms with E-state index in [2.05, 4.69) is 10.6 Å². The lowest BCUT2D eigenvalue weighted by Gasteiger charge is -2.07. The topological polar surface area (TPSA) is 102 Å². The van der Waals surface area contributed by atoms with Crippen molar-refractivity contribution in [3.05, 3.63) is 29.8 Å². The summed E-state index contributed by atoms with van der Waals surface area (Å²) in [6.45, 7) is 0.310. The minimum atomic E-state index is -0.879. The van der Waals surface area contributed by atoms with E-state index in [-0.39, 0.29) is 12.5 Å². The Bertz CT molecular complexity index is 477. The molecule has 0 heterocycles. The number of nitriles is 1. The Morgan fingerprint density at radius 3 is 2.53 bits per heavy atom. The van der Waals surface area contributed by atoms with Crippen LogP contribution in [-0.2, 0) is 11.2 Å². The molecule has 0 aliphatic rings. The van der Waals surface area contributed by atoms with E-state index in [4.69, 9.17) is 10.4 Å². The Kier molecular flexibility index (Phi) is 5.89. The predicted octanol–water partition coefficient (Wildman–Crippen LogP) is 1.74. The van der Waals surface area contributed by atoms with Gasteiger partial charge in [-0.1, -0.05) is 12.1 Å². The lowest BCUT2D eigenvalue weighted by molar-refractivity contribution is -0.137. The number of urea groups is 1. The first-order chi connectivity index (χ1) is 9.11. The van der Waals surface area contributed by atoms with Crippen LogP contribution in [-0.4, -0.2) is 23.7 Å². The third-order valence-electron chi connectivity index (χ3n) is 2.35. The minimum absolute atomic E-state index is 0.0309. The summed E-state index contributed by atoms with van der Waals surface area (Å²) in [5, 5.41) is 22.1. The van der Waals surface area contributed by atoms with E-state index in [1.54, 1.807) is 24.3 Å². The molecule has 0 fully saturated rings. The molecule has 6 heteroatoms. The first kappa shape index (κ1) is 14.5. The van der Waals surface area contributed by atoms with Gasteiger partial charge in [-0.25, -0.2) is 4.79 Å². The molecule has 1 rings (SSSR count). The fourth-order valence-electron chi connectivity index (χ4n) is 1.41. The molecule has 19 heavy (non-hydrogen) atoms. The predicted molar refractivity (Wildman–Crippen MR) is 69.7 cm³/mol. The van der Waals surface area contributed by atoms with Crippen LogP contribution in [0.5, 0.6) is 0 Å². The second-order valence-corrected chi connectivity index (χ2v) is 3.91. The Labute approximate surface area is 111 Å². The van der Waals surface area contributed by atoms with Crippen molar-refractivity contribution >= 4 is 17.7 Å². The number of amides is 2. The number of rotatable bonds is 6. The average molecular weight is 261 g/mol. The molecule has 6 nitrogen and oxygen atoms in total. The van der Waals surface area contributed by atoms with Gasteiger partial charge in [-0.15, -0.1) is 0 Å². The molecule has 0 radical (unpaired) electrons. The number of carboxylic acids is 1. The van der Waals surface area contributed by atoms with Crippen LogP contribution in [0.4, 0.5) is 10.5 Å². The molecule has 0 saturated heterocycles. The number of nitrogens with one attached hydrogen (secondary N) is 2. The summed E-state index contributed by atoms with van der Waals surface area (Å²) in [6, 6.07) is 8.62. The van der Waals surface area contributed by atoms with Gasteiger partial charge in [-0.05, 0) is 24.1 Å². The molecule has 1 aromatic rings. The number of nitrogens with zero attached hydrogens (tertiary/aromatic N) is 1. The zero-order valence-corrected chi connectivity index (χ0v) is 10.3. The minimum Gasteiger partial charge on any atom is -0.481 e. The zero-order chi connectivity index (χ0) is 14.1. The van der Waals surface area contributed by atoms with Crippen LogP contribution in [0.3, 0.4) is 0 Å². The van der Waals surface area contributed by atoms with Crippen LogP contribution in [0.15, 0.2) is 24.3 Å². The highest BCUT2D eigenvalue weighted by atomic mass is 16.4. The van der Waals surface area contributed by atoms with Gasteiger partial charge in [0, 0.05) is 18.7 Å². The maximum Gasteiger partial charge on any atom is 0.319 e. The second-order valence-electron chi connectivity index (χ2n) is 3.91. The largest absolute Gasteiger partial charge is 0.481 e.